The van der Waals surface area contributed by atoms with Gasteiger partial charge in [0.25, 0.3) is 5.91 Å². The number of ether oxygens (including phenoxy) is 2. The van der Waals surface area contributed by atoms with E-state index < -0.39 is 37.6 Å². The minimum atomic E-state index is -3.38. The van der Waals surface area contributed by atoms with Gasteiger partial charge in [-0.15, -0.1) is 0 Å². The van der Waals surface area contributed by atoms with E-state index in [1.165, 1.54) is 5.57 Å². The van der Waals surface area contributed by atoms with Gasteiger partial charge in [-0.05, 0) is 128 Å². The summed E-state index contributed by atoms with van der Waals surface area (Å²) >= 11 is 0. The Kier molecular flexibility index (Phi) is 12.8. The highest BCUT2D eigenvalue weighted by Gasteiger charge is 2.66. The molecule has 1 saturated heterocycles. The van der Waals surface area contributed by atoms with Crippen LogP contribution in [0.1, 0.15) is 77.8 Å². The van der Waals surface area contributed by atoms with E-state index in [2.05, 4.69) is 38.2 Å². The predicted octanol–water partition coefficient (Wildman–Crippen LogP) is 7.23. The molecule has 5 atom stereocenters. The number of amides is 2. The molecule has 3 N–H and O–H groups in total. The minimum absolute atomic E-state index is 0.0907. The summed E-state index contributed by atoms with van der Waals surface area (Å²) in [5.74, 6) is -0.150. The molecule has 1 fully saturated rings. The zero-order chi connectivity index (χ0) is 37.8. The summed E-state index contributed by atoms with van der Waals surface area (Å²) in [5, 5.41) is 22.7. The van der Waals surface area contributed by atoms with E-state index in [0.717, 1.165) is 41.8 Å². The Morgan fingerprint density at radius 3 is 2.50 bits per heavy atom. The molecule has 2 aromatic carbocycles. The van der Waals surface area contributed by atoms with E-state index in [-0.39, 0.29) is 31.4 Å². The number of aliphatic hydroxyl groups is 2. The Morgan fingerprint density at radius 1 is 1.08 bits per heavy atom. The minimum Gasteiger partial charge on any atom is -0.494 e. The van der Waals surface area contributed by atoms with E-state index in [9.17, 15) is 19.8 Å². The summed E-state index contributed by atoms with van der Waals surface area (Å²) in [4.78, 5) is 32.7. The number of nitrogens with one attached hydrogen (secondary N) is 1. The molecular weight excluding hydrogens is 678 g/mol. The first kappa shape index (κ1) is 39.8. The lowest BCUT2D eigenvalue weighted by atomic mass is 9.82. The molecule has 0 aromatic heterocycles. The van der Waals surface area contributed by atoms with Crippen molar-refractivity contribution in [1.82, 2.24) is 5.32 Å². The summed E-state index contributed by atoms with van der Waals surface area (Å²) in [6.45, 7) is 14.7. The van der Waals surface area contributed by atoms with Crippen molar-refractivity contribution in [2.75, 3.05) is 42.7 Å². The monoisotopic (exact) mass is 735 g/mol. The van der Waals surface area contributed by atoms with Gasteiger partial charge in [-0.3, -0.25) is 14.5 Å². The molecule has 9 nitrogen and oxygen atoms in total. The molecule has 0 aliphatic carbocycles. The van der Waals surface area contributed by atoms with E-state index >= 15 is 4.11 Å². The lowest BCUT2D eigenvalue weighted by Crippen LogP contribution is -2.49. The van der Waals surface area contributed by atoms with Crippen LogP contribution in [0.3, 0.4) is 0 Å². The fraction of sp³-hybridized carbons (Fsp3) is 0.561. The first-order valence-electron chi connectivity index (χ1n) is 18.9. The molecule has 1 spiro atoms. The van der Waals surface area contributed by atoms with Crippen LogP contribution in [0.15, 0.2) is 59.7 Å². The number of unbranched alkanes of at least 4 members (excludes halogenated alkanes) is 1. The Labute approximate surface area is 310 Å². The lowest BCUT2D eigenvalue weighted by Gasteiger charge is -2.36. The van der Waals surface area contributed by atoms with E-state index in [1.807, 2.05) is 50.2 Å². The van der Waals surface area contributed by atoms with Crippen LogP contribution in [0, 0.1) is 5.92 Å². The van der Waals surface area contributed by atoms with Crippen molar-refractivity contribution in [2.45, 2.75) is 110 Å². The van der Waals surface area contributed by atoms with E-state index in [1.54, 1.807) is 22.9 Å². The molecule has 52 heavy (non-hydrogen) atoms. The lowest BCUT2D eigenvalue weighted by molar-refractivity contribution is -0.146. The van der Waals surface area contributed by atoms with Crippen LogP contribution in [0.4, 0.5) is 21.2 Å². The number of hydrogen-bond donors (Lipinski definition) is 3. The number of hydrogen-bond acceptors (Lipinski definition) is 7. The second-order valence-electron chi connectivity index (χ2n) is 15.3. The van der Waals surface area contributed by atoms with Gasteiger partial charge >= 0.3 is 0 Å². The number of fused-ring (bicyclic) bond motifs is 3. The average molecular weight is 736 g/mol. The van der Waals surface area contributed by atoms with E-state index in [0.29, 0.717) is 49.5 Å². The summed E-state index contributed by atoms with van der Waals surface area (Å²) in [7, 11) is -3.38. The van der Waals surface area contributed by atoms with Gasteiger partial charge < -0.3 is 34.0 Å². The second-order valence-corrected chi connectivity index (χ2v) is 19.1. The van der Waals surface area contributed by atoms with Crippen LogP contribution in [-0.4, -0.2) is 75.5 Å². The Bertz CT molecular complexity index is 1670. The number of rotatable bonds is 16. The second kappa shape index (κ2) is 16.8. The van der Waals surface area contributed by atoms with Gasteiger partial charge in [-0.1, -0.05) is 30.2 Å². The molecule has 0 saturated carbocycles. The van der Waals surface area contributed by atoms with Gasteiger partial charge in [-0.25, -0.2) is 0 Å². The molecule has 0 bridgehead atoms. The highest BCUT2D eigenvalue weighted by Crippen LogP contribution is 2.60. The number of nitrogens with zero attached hydrogens (tertiary/aromatic N) is 2. The van der Waals surface area contributed by atoms with Gasteiger partial charge in [0, 0.05) is 42.5 Å². The Hall–Kier alpha value is -3.35. The third kappa shape index (κ3) is 7.94. The number of aliphatic hydroxyl groups excluding tert-OH is 2. The van der Waals surface area contributed by atoms with Crippen molar-refractivity contribution in [3.05, 3.63) is 70.8 Å². The molecule has 2 amide bonds. The molecule has 1 unspecified atom stereocenters. The zero-order valence-corrected chi connectivity index (χ0v) is 33.0. The third-order valence-electron chi connectivity index (χ3n) is 10.9. The van der Waals surface area contributed by atoms with Crippen molar-refractivity contribution in [1.29, 1.82) is 0 Å². The molecule has 2 aromatic rings. The molecule has 0 radical (unpaired) electrons. The smallest absolute Gasteiger partial charge is 0.264 e. The number of anilines is 3. The van der Waals surface area contributed by atoms with Gasteiger partial charge in [0.1, 0.15) is 5.75 Å². The maximum Gasteiger partial charge on any atom is 0.264 e. The maximum absolute atomic E-state index is 16.2. The predicted molar refractivity (Wildman–Crippen MR) is 208 cm³/mol. The van der Waals surface area contributed by atoms with Gasteiger partial charge in [-0.2, -0.15) is 0 Å². The quantitative estimate of drug-likeness (QED) is 0.0722. The van der Waals surface area contributed by atoms with Crippen LogP contribution in [0.2, 0.25) is 18.6 Å². The molecule has 3 heterocycles. The Morgan fingerprint density at radius 2 is 1.83 bits per heavy atom. The first-order chi connectivity index (χ1) is 24.8. The molecule has 3 aliphatic rings. The number of carbonyl (C=O) groups is 2. The highest BCUT2D eigenvalue weighted by atomic mass is 28.4. The summed E-state index contributed by atoms with van der Waals surface area (Å²) < 4.78 is 28.8. The molecule has 11 heteroatoms. The van der Waals surface area contributed by atoms with Crippen molar-refractivity contribution < 1.29 is 33.4 Å². The number of allylic oxidation sites excluding steroid dienone is 3. The number of benzene rings is 2. The third-order valence-corrected chi connectivity index (χ3v) is 13.3. The van der Waals surface area contributed by atoms with Crippen LogP contribution in [-0.2, 0) is 26.3 Å². The molecule has 3 aliphatic heterocycles. The SMILES string of the molecule is CCOc1ccc2c(c1)CC(NCCCCO)C(=O)N2c1ccc2c(c1)[C@@]1(O[C@H](CCO)[C@@H]([Si](C)(C)F)[C@@H]1C)C(=O)N2C/C=C(\C)CCC=C(C)C. The summed E-state index contributed by atoms with van der Waals surface area (Å²) in [5.41, 5.74) is 4.02. The molecule has 284 valence electrons. The largest absolute Gasteiger partial charge is 0.494 e. The first-order valence-corrected chi connectivity index (χ1v) is 21.9. The Balaban J connectivity index is 1.62. The van der Waals surface area contributed by atoms with Crippen molar-refractivity contribution in [2.24, 2.45) is 5.92 Å². The van der Waals surface area contributed by atoms with Crippen molar-refractivity contribution >= 4 is 37.3 Å². The zero-order valence-electron chi connectivity index (χ0n) is 32.0. The fourth-order valence-electron chi connectivity index (χ4n) is 8.41. The fourth-order valence-corrected chi connectivity index (χ4v) is 11.0. The van der Waals surface area contributed by atoms with Crippen molar-refractivity contribution in [3.8, 4) is 5.75 Å². The normalized spacial score (nSPS) is 24.5. The molecular formula is C41H58FN3O6Si. The standard InChI is InChI=1S/C41H58FN3O6Si/c1-8-50-32-15-17-35-30(24-32)25-34(43-20-9-10-22-46)39(48)45(35)31-14-16-36-33(26-31)41(29(5)38(52(6,7)42)37(51-41)19-23-47)40(49)44(36)21-18-28(4)13-11-12-27(2)3/h12,14-18,24,26,29,34,37-38,43,46-47H,8-11,13,19-23,25H2,1-7H3/b28-18+/t29-,34?,37+,38-,41+/m0/s1. The van der Waals surface area contributed by atoms with Gasteiger partial charge in [0.05, 0.1) is 30.1 Å². The van der Waals surface area contributed by atoms with Gasteiger partial charge in [0.2, 0.25) is 14.3 Å². The number of halogens is 1. The maximum atomic E-state index is 16.2. The highest BCUT2D eigenvalue weighted by molar-refractivity contribution is 6.72. The number of carbonyl (C=O) groups excluding carboxylic acids is 2. The van der Waals surface area contributed by atoms with Gasteiger partial charge in [0.15, 0.2) is 5.60 Å². The van der Waals surface area contributed by atoms with Crippen molar-refractivity contribution in [3.63, 3.8) is 0 Å². The summed E-state index contributed by atoms with van der Waals surface area (Å²) in [6, 6.07) is 10.9. The topological polar surface area (TPSA) is 112 Å². The van der Waals surface area contributed by atoms with Crippen LogP contribution < -0.4 is 19.9 Å². The van der Waals surface area contributed by atoms with Crippen LogP contribution in [0.5, 0.6) is 5.75 Å². The summed E-state index contributed by atoms with van der Waals surface area (Å²) in [6.07, 6.45) is 7.52. The van der Waals surface area contributed by atoms with Crippen LogP contribution in [0.25, 0.3) is 0 Å². The average Bonchev–Trinajstić information content (AvgIpc) is 3.51. The van der Waals surface area contributed by atoms with Crippen LogP contribution >= 0.6 is 0 Å². The van der Waals surface area contributed by atoms with E-state index in [4.69, 9.17) is 9.47 Å². The molecule has 5 rings (SSSR count).